The summed E-state index contributed by atoms with van der Waals surface area (Å²) in [6, 6.07) is 7.41. The third-order valence-electron chi connectivity index (χ3n) is 6.21. The Bertz CT molecular complexity index is 1160. The van der Waals surface area contributed by atoms with Crippen LogP contribution in [0.25, 0.3) is 5.57 Å². The third-order valence-corrected chi connectivity index (χ3v) is 6.21. The number of ether oxygens (including phenoxy) is 1. The summed E-state index contributed by atoms with van der Waals surface area (Å²) in [5, 5.41) is 0. The molecule has 0 fully saturated rings. The van der Waals surface area contributed by atoms with Crippen LogP contribution in [0.2, 0.25) is 0 Å². The van der Waals surface area contributed by atoms with Crippen LogP contribution in [-0.4, -0.2) is 24.2 Å². The van der Waals surface area contributed by atoms with Gasteiger partial charge in [0.25, 0.3) is 0 Å². The van der Waals surface area contributed by atoms with Crippen LogP contribution in [0.1, 0.15) is 62.2 Å². The largest absolute Gasteiger partial charge is 0.677 e. The van der Waals surface area contributed by atoms with E-state index in [2.05, 4.69) is 12.8 Å². The fourth-order valence-corrected chi connectivity index (χ4v) is 4.71. The normalized spacial score (nSPS) is 15.0. The average molecular weight is 434 g/mol. The highest BCUT2D eigenvalue weighted by Gasteiger charge is 2.32. The lowest BCUT2D eigenvalue weighted by Gasteiger charge is -2.17. The van der Waals surface area contributed by atoms with Crippen molar-refractivity contribution < 1.29 is 13.4 Å². The van der Waals surface area contributed by atoms with Crippen LogP contribution in [0.5, 0.6) is 5.75 Å². The van der Waals surface area contributed by atoms with Gasteiger partial charge >= 0.3 is 7.40 Å². The van der Waals surface area contributed by atoms with E-state index in [0.29, 0.717) is 23.6 Å². The molecule has 0 aliphatic carbocycles. The van der Waals surface area contributed by atoms with Crippen molar-refractivity contribution in [3.8, 4) is 18.1 Å². The number of halogens is 2. The van der Waals surface area contributed by atoms with Gasteiger partial charge in [-0.2, -0.15) is 0 Å². The molecule has 0 spiro atoms. The lowest BCUT2D eigenvalue weighted by Crippen LogP contribution is -2.18. The van der Waals surface area contributed by atoms with Crippen LogP contribution in [0.3, 0.4) is 0 Å². The van der Waals surface area contributed by atoms with Gasteiger partial charge in [-0.15, -0.1) is 6.42 Å². The molecule has 0 atom stereocenters. The Morgan fingerprint density at radius 3 is 2.25 bits per heavy atom. The van der Waals surface area contributed by atoms with E-state index in [1.165, 1.54) is 0 Å². The van der Waals surface area contributed by atoms with Gasteiger partial charge in [0, 0.05) is 22.7 Å². The molecule has 1 aromatic carbocycles. The van der Waals surface area contributed by atoms with Gasteiger partial charge in [-0.1, -0.05) is 31.9 Å². The molecule has 3 rings (SSSR count). The monoisotopic (exact) mass is 434 g/mol. The molecule has 1 aromatic heterocycles. The average Bonchev–Trinajstić information content (AvgIpc) is 3.19. The summed E-state index contributed by atoms with van der Waals surface area (Å²) in [5.41, 5.74) is 8.34. The lowest BCUT2D eigenvalue weighted by atomic mass is 9.92. The van der Waals surface area contributed by atoms with Crippen molar-refractivity contribution in [1.82, 2.24) is 4.48 Å². The van der Waals surface area contributed by atoms with Crippen molar-refractivity contribution >= 4 is 18.7 Å². The zero-order valence-corrected chi connectivity index (χ0v) is 19.6. The zero-order valence-electron chi connectivity index (χ0n) is 19.6. The van der Waals surface area contributed by atoms with Crippen LogP contribution >= 0.6 is 0 Å². The van der Waals surface area contributed by atoms with Crippen LogP contribution in [-0.2, 0) is 6.42 Å². The minimum Gasteiger partial charge on any atom is -0.481 e. The van der Waals surface area contributed by atoms with Crippen molar-refractivity contribution in [2.45, 2.75) is 54.4 Å². The summed E-state index contributed by atoms with van der Waals surface area (Å²) in [5.74, 6) is 3.08. The van der Waals surface area contributed by atoms with Crippen molar-refractivity contribution in [3.63, 3.8) is 0 Å². The second kappa shape index (κ2) is 9.60. The number of rotatable bonds is 7. The topological polar surface area (TPSA) is 26.5 Å². The summed E-state index contributed by atoms with van der Waals surface area (Å²) in [6.45, 7) is 12.0. The molecule has 1 aliphatic heterocycles. The van der Waals surface area contributed by atoms with E-state index in [1.54, 1.807) is 6.92 Å². The van der Waals surface area contributed by atoms with Gasteiger partial charge in [-0.25, -0.2) is 0 Å². The Kier molecular flexibility index (Phi) is 7.08. The SMILES string of the molecule is C#CCOc1ccc(/C(=C2/N=C(C)C(CC)=C2C)c2c(C)c(CC)c(C)n2B(F)F)cc1. The van der Waals surface area contributed by atoms with Gasteiger partial charge in [0.15, 0.2) is 0 Å². The van der Waals surface area contributed by atoms with E-state index < -0.39 is 7.40 Å². The molecule has 0 saturated heterocycles. The van der Waals surface area contributed by atoms with Crippen molar-refractivity contribution in [3.05, 3.63) is 69.2 Å². The number of aromatic nitrogens is 1. The zero-order chi connectivity index (χ0) is 23.6. The van der Waals surface area contributed by atoms with E-state index in [4.69, 9.17) is 16.2 Å². The number of benzene rings is 1. The van der Waals surface area contributed by atoms with Crippen LogP contribution < -0.4 is 4.74 Å². The number of nitrogens with zero attached hydrogens (tertiary/aromatic N) is 2. The van der Waals surface area contributed by atoms with Crippen LogP contribution in [0.4, 0.5) is 8.63 Å². The number of allylic oxidation sites excluding steroid dienone is 2. The molecule has 2 heterocycles. The van der Waals surface area contributed by atoms with Gasteiger partial charge in [0.05, 0.1) is 5.70 Å². The molecule has 0 unspecified atom stereocenters. The molecule has 0 bridgehead atoms. The molecule has 0 amide bonds. The Morgan fingerprint density at radius 2 is 1.75 bits per heavy atom. The second-order valence-corrected chi connectivity index (χ2v) is 7.93. The van der Waals surface area contributed by atoms with Crippen LogP contribution in [0.15, 0.2) is 46.1 Å². The highest BCUT2D eigenvalue weighted by atomic mass is 19.2. The molecule has 2 aromatic rings. The number of hydrogen-bond donors (Lipinski definition) is 0. The third kappa shape index (κ3) is 4.04. The number of hydrogen-bond acceptors (Lipinski definition) is 2. The molecule has 0 radical (unpaired) electrons. The first kappa shape index (κ1) is 23.6. The number of terminal acetylenes is 1. The highest BCUT2D eigenvalue weighted by molar-refractivity contribution is 6.41. The number of aliphatic imine (C=N–C) groups is 1. The maximum absolute atomic E-state index is 14.4. The predicted molar refractivity (Wildman–Crippen MR) is 130 cm³/mol. The Balaban J connectivity index is 2.37. The smallest absolute Gasteiger partial charge is 0.481 e. The van der Waals surface area contributed by atoms with Gasteiger partial charge in [0.1, 0.15) is 12.4 Å². The first-order valence-electron chi connectivity index (χ1n) is 10.9. The van der Waals surface area contributed by atoms with Gasteiger partial charge in [-0.05, 0) is 80.5 Å². The van der Waals surface area contributed by atoms with Gasteiger partial charge < -0.3 is 9.21 Å². The minimum atomic E-state index is -2.65. The maximum atomic E-state index is 14.4. The quantitative estimate of drug-likeness (QED) is 0.365. The standard InChI is InChI=1S/C26H29BF2N2O/c1-8-15-32-21-13-11-20(12-14-21)24(25-16(4)22(9-2)18(6)30-25)26-17(5)23(10-3)19(7)31(26)27(28)29/h1,11-14H,9-10,15H2,2-7H3/b25-24-. The molecule has 32 heavy (non-hydrogen) atoms. The summed E-state index contributed by atoms with van der Waals surface area (Å²) in [7, 11) is -2.65. The fraction of sp³-hybridized carbons (Fsp3) is 0.346. The molecule has 0 N–H and O–H groups in total. The summed E-state index contributed by atoms with van der Waals surface area (Å²) < 4.78 is 35.4. The molecule has 166 valence electrons. The van der Waals surface area contributed by atoms with Gasteiger partial charge in [0.2, 0.25) is 0 Å². The van der Waals surface area contributed by atoms with Gasteiger partial charge in [-0.3, -0.25) is 13.6 Å². The molecule has 1 aliphatic rings. The minimum absolute atomic E-state index is 0.172. The maximum Gasteiger partial charge on any atom is 0.677 e. The molecular weight excluding hydrogens is 405 g/mol. The van der Waals surface area contributed by atoms with Crippen LogP contribution in [0, 0.1) is 26.2 Å². The Labute approximate surface area is 190 Å². The van der Waals surface area contributed by atoms with E-state index in [1.807, 2.05) is 52.0 Å². The van der Waals surface area contributed by atoms with Crippen molar-refractivity contribution in [1.29, 1.82) is 0 Å². The molecule has 6 heteroatoms. The molecule has 3 nitrogen and oxygen atoms in total. The summed E-state index contributed by atoms with van der Waals surface area (Å²) in [6.07, 6.45) is 6.80. The highest BCUT2D eigenvalue weighted by Crippen LogP contribution is 2.40. The Hall–Kier alpha value is -3.07. The summed E-state index contributed by atoms with van der Waals surface area (Å²) in [4.78, 5) is 4.86. The van der Waals surface area contributed by atoms with E-state index in [0.717, 1.165) is 55.7 Å². The van der Waals surface area contributed by atoms with E-state index in [9.17, 15) is 8.63 Å². The fourth-order valence-electron chi connectivity index (χ4n) is 4.71. The van der Waals surface area contributed by atoms with E-state index >= 15 is 0 Å². The first-order valence-corrected chi connectivity index (χ1v) is 10.9. The Morgan fingerprint density at radius 1 is 1.09 bits per heavy atom. The molecular formula is C26H29BF2N2O. The molecule has 0 saturated carbocycles. The lowest BCUT2D eigenvalue weighted by molar-refractivity contribution is 0.370. The van der Waals surface area contributed by atoms with Crippen molar-refractivity contribution in [2.24, 2.45) is 4.99 Å². The summed E-state index contributed by atoms with van der Waals surface area (Å²) >= 11 is 0. The first-order chi connectivity index (χ1) is 15.3. The predicted octanol–water partition coefficient (Wildman–Crippen LogP) is 6.41. The second-order valence-electron chi connectivity index (χ2n) is 7.93. The van der Waals surface area contributed by atoms with Crippen molar-refractivity contribution in [2.75, 3.05) is 6.61 Å². The van der Waals surface area contributed by atoms with E-state index in [-0.39, 0.29) is 6.61 Å².